The molecule has 0 atom stereocenters. The minimum absolute atomic E-state index is 0.707. The van der Waals surface area contributed by atoms with Crippen LogP contribution in [-0.4, -0.2) is 9.55 Å². The van der Waals surface area contributed by atoms with Gasteiger partial charge in [-0.3, -0.25) is 0 Å². The van der Waals surface area contributed by atoms with Crippen LogP contribution in [0.4, 0.5) is 5.82 Å². The van der Waals surface area contributed by atoms with Crippen molar-refractivity contribution in [2.24, 2.45) is 7.05 Å². The van der Waals surface area contributed by atoms with Gasteiger partial charge in [-0.25, -0.2) is 4.98 Å². The molecule has 2 aromatic rings. The third-order valence-electron chi connectivity index (χ3n) is 2.76. The van der Waals surface area contributed by atoms with Crippen LogP contribution in [0.25, 0.3) is 11.3 Å². The molecular formula is C12H15N3. The fourth-order valence-corrected chi connectivity index (χ4v) is 1.55. The van der Waals surface area contributed by atoms with E-state index in [2.05, 4.69) is 37.0 Å². The summed E-state index contributed by atoms with van der Waals surface area (Å²) in [4.78, 5) is 4.29. The Balaban J connectivity index is 2.55. The van der Waals surface area contributed by atoms with Crippen molar-refractivity contribution >= 4 is 5.82 Å². The van der Waals surface area contributed by atoms with Gasteiger partial charge in [0.25, 0.3) is 0 Å². The molecule has 2 rings (SSSR count). The summed E-state index contributed by atoms with van der Waals surface area (Å²) in [5.41, 5.74) is 10.4. The van der Waals surface area contributed by atoms with Gasteiger partial charge in [0.05, 0.1) is 6.33 Å². The van der Waals surface area contributed by atoms with E-state index >= 15 is 0 Å². The van der Waals surface area contributed by atoms with E-state index < -0.39 is 0 Å². The Bertz CT molecular complexity index is 498. The van der Waals surface area contributed by atoms with Gasteiger partial charge in [0.2, 0.25) is 0 Å². The highest BCUT2D eigenvalue weighted by Crippen LogP contribution is 2.25. The largest absolute Gasteiger partial charge is 0.383 e. The molecule has 0 spiro atoms. The fourth-order valence-electron chi connectivity index (χ4n) is 1.55. The molecule has 0 bridgehead atoms. The topological polar surface area (TPSA) is 43.8 Å². The van der Waals surface area contributed by atoms with Gasteiger partial charge < -0.3 is 10.3 Å². The van der Waals surface area contributed by atoms with Crippen molar-refractivity contribution in [3.63, 3.8) is 0 Å². The van der Waals surface area contributed by atoms with E-state index in [1.165, 1.54) is 11.1 Å². The minimum Gasteiger partial charge on any atom is -0.383 e. The van der Waals surface area contributed by atoms with Gasteiger partial charge >= 0.3 is 0 Å². The van der Waals surface area contributed by atoms with Crippen molar-refractivity contribution in [3.8, 4) is 11.3 Å². The average Bonchev–Trinajstić information content (AvgIpc) is 2.53. The maximum Gasteiger partial charge on any atom is 0.131 e. The Kier molecular flexibility index (Phi) is 2.23. The number of nitrogen functional groups attached to an aromatic ring is 1. The summed E-state index contributed by atoms with van der Waals surface area (Å²) in [6.45, 7) is 4.19. The summed E-state index contributed by atoms with van der Waals surface area (Å²) in [6.07, 6.45) is 1.74. The highest BCUT2D eigenvalue weighted by Gasteiger charge is 2.08. The number of hydrogen-bond donors (Lipinski definition) is 1. The predicted molar refractivity (Wildman–Crippen MR) is 62.5 cm³/mol. The van der Waals surface area contributed by atoms with Gasteiger partial charge in [0.15, 0.2) is 0 Å². The van der Waals surface area contributed by atoms with Crippen molar-refractivity contribution < 1.29 is 0 Å². The number of benzene rings is 1. The summed E-state index contributed by atoms with van der Waals surface area (Å²) >= 11 is 0. The second-order valence-corrected chi connectivity index (χ2v) is 3.89. The summed E-state index contributed by atoms with van der Waals surface area (Å²) in [5.74, 6) is 0.707. The monoisotopic (exact) mass is 201 g/mol. The number of imidazole rings is 1. The third kappa shape index (κ3) is 1.61. The van der Waals surface area contributed by atoms with E-state index in [4.69, 9.17) is 5.73 Å². The second-order valence-electron chi connectivity index (χ2n) is 3.89. The number of hydrogen-bond acceptors (Lipinski definition) is 2. The minimum atomic E-state index is 0.707. The zero-order chi connectivity index (χ0) is 11.0. The fraction of sp³-hybridized carbons (Fsp3) is 0.250. The lowest BCUT2D eigenvalue weighted by molar-refractivity contribution is 0.925. The van der Waals surface area contributed by atoms with Crippen LogP contribution in [-0.2, 0) is 7.05 Å². The maximum atomic E-state index is 5.92. The van der Waals surface area contributed by atoms with Crippen LogP contribution in [0.2, 0.25) is 0 Å². The van der Waals surface area contributed by atoms with E-state index in [1.807, 2.05) is 11.6 Å². The van der Waals surface area contributed by atoms with E-state index in [0.29, 0.717) is 5.82 Å². The molecule has 0 aliphatic rings. The lowest BCUT2D eigenvalue weighted by Gasteiger charge is -2.04. The molecule has 0 saturated carbocycles. The summed E-state index contributed by atoms with van der Waals surface area (Å²) in [6, 6.07) is 6.27. The van der Waals surface area contributed by atoms with Crippen molar-refractivity contribution in [2.75, 3.05) is 5.73 Å². The van der Waals surface area contributed by atoms with Crippen molar-refractivity contribution in [3.05, 3.63) is 35.7 Å². The molecule has 0 radical (unpaired) electrons. The molecule has 78 valence electrons. The molecule has 1 heterocycles. The molecule has 0 saturated heterocycles. The van der Waals surface area contributed by atoms with Crippen LogP contribution >= 0.6 is 0 Å². The van der Waals surface area contributed by atoms with Crippen molar-refractivity contribution in [2.45, 2.75) is 13.8 Å². The van der Waals surface area contributed by atoms with Gasteiger partial charge in [0, 0.05) is 12.6 Å². The first kappa shape index (κ1) is 9.77. The van der Waals surface area contributed by atoms with Gasteiger partial charge in [0.1, 0.15) is 11.5 Å². The molecule has 1 aromatic heterocycles. The Morgan fingerprint density at radius 2 is 1.93 bits per heavy atom. The number of rotatable bonds is 1. The number of nitrogens with zero attached hydrogens (tertiary/aromatic N) is 2. The molecule has 0 amide bonds. The molecule has 1 aromatic carbocycles. The summed E-state index contributed by atoms with van der Waals surface area (Å²) in [7, 11) is 1.90. The van der Waals surface area contributed by atoms with E-state index in [1.54, 1.807) is 6.33 Å². The van der Waals surface area contributed by atoms with E-state index in [-0.39, 0.29) is 0 Å². The van der Waals surface area contributed by atoms with Crippen molar-refractivity contribution in [1.29, 1.82) is 0 Å². The Morgan fingerprint density at radius 3 is 2.47 bits per heavy atom. The SMILES string of the molecule is Cc1ccc(-c2ncn(C)c2N)cc1C. The molecule has 0 aliphatic carbocycles. The lowest BCUT2D eigenvalue weighted by Crippen LogP contribution is -1.96. The Morgan fingerprint density at radius 1 is 1.20 bits per heavy atom. The van der Waals surface area contributed by atoms with E-state index in [9.17, 15) is 0 Å². The summed E-state index contributed by atoms with van der Waals surface area (Å²) in [5, 5.41) is 0. The quantitative estimate of drug-likeness (QED) is 0.769. The van der Waals surface area contributed by atoms with Crippen LogP contribution in [0.1, 0.15) is 11.1 Å². The molecule has 0 fully saturated rings. The normalized spacial score (nSPS) is 10.6. The second kappa shape index (κ2) is 3.42. The van der Waals surface area contributed by atoms with Crippen LogP contribution < -0.4 is 5.73 Å². The Labute approximate surface area is 89.6 Å². The van der Waals surface area contributed by atoms with Gasteiger partial charge in [-0.2, -0.15) is 0 Å². The van der Waals surface area contributed by atoms with Crippen LogP contribution in [0.5, 0.6) is 0 Å². The highest BCUT2D eigenvalue weighted by atomic mass is 15.1. The number of aryl methyl sites for hydroxylation is 3. The predicted octanol–water partition coefficient (Wildman–Crippen LogP) is 2.29. The maximum absolute atomic E-state index is 5.92. The van der Waals surface area contributed by atoms with Crippen LogP contribution in [0.3, 0.4) is 0 Å². The molecule has 3 heteroatoms. The first-order valence-electron chi connectivity index (χ1n) is 4.94. The van der Waals surface area contributed by atoms with Crippen molar-refractivity contribution in [1.82, 2.24) is 9.55 Å². The number of aromatic nitrogens is 2. The standard InChI is InChI=1S/C12H15N3/c1-8-4-5-10(6-9(8)2)11-12(13)15(3)7-14-11/h4-7H,13H2,1-3H3. The van der Waals surface area contributed by atoms with Gasteiger partial charge in [-0.05, 0) is 31.0 Å². The zero-order valence-corrected chi connectivity index (χ0v) is 9.28. The van der Waals surface area contributed by atoms with Gasteiger partial charge in [-0.15, -0.1) is 0 Å². The van der Waals surface area contributed by atoms with E-state index in [0.717, 1.165) is 11.3 Å². The number of nitrogens with two attached hydrogens (primary N) is 1. The van der Waals surface area contributed by atoms with Crippen LogP contribution in [0.15, 0.2) is 24.5 Å². The smallest absolute Gasteiger partial charge is 0.131 e. The molecule has 3 nitrogen and oxygen atoms in total. The molecule has 15 heavy (non-hydrogen) atoms. The molecule has 0 aliphatic heterocycles. The first-order valence-corrected chi connectivity index (χ1v) is 4.94. The molecular weight excluding hydrogens is 186 g/mol. The van der Waals surface area contributed by atoms with Gasteiger partial charge in [-0.1, -0.05) is 12.1 Å². The summed E-state index contributed by atoms with van der Waals surface area (Å²) < 4.78 is 1.82. The number of anilines is 1. The Hall–Kier alpha value is -1.77. The molecule has 2 N–H and O–H groups in total. The zero-order valence-electron chi connectivity index (χ0n) is 9.28. The average molecular weight is 201 g/mol. The first-order chi connectivity index (χ1) is 7.09. The molecule has 0 unspecified atom stereocenters. The van der Waals surface area contributed by atoms with Crippen LogP contribution in [0, 0.1) is 13.8 Å². The third-order valence-corrected chi connectivity index (χ3v) is 2.76. The lowest BCUT2D eigenvalue weighted by atomic mass is 10.0. The highest BCUT2D eigenvalue weighted by molar-refractivity contribution is 5.71.